The van der Waals surface area contributed by atoms with Gasteiger partial charge in [0.15, 0.2) is 23.1 Å². The molecule has 0 unspecified atom stereocenters. The summed E-state index contributed by atoms with van der Waals surface area (Å²) in [5, 5.41) is 0. The highest BCUT2D eigenvalue weighted by Crippen LogP contribution is 2.37. The molecule has 0 bridgehead atoms. The molecule has 0 N–H and O–H groups in total. The molecular weight excluding hydrogens is 700 g/mol. The van der Waals surface area contributed by atoms with Crippen molar-refractivity contribution in [3.05, 3.63) is 129 Å². The summed E-state index contributed by atoms with van der Waals surface area (Å²) in [6.07, 6.45) is 4.37. The van der Waals surface area contributed by atoms with E-state index in [0.29, 0.717) is 47.9 Å². The van der Waals surface area contributed by atoms with E-state index in [1.54, 1.807) is 0 Å². The molecule has 53 heavy (non-hydrogen) atoms. The Balaban J connectivity index is 0.000000204. The summed E-state index contributed by atoms with van der Waals surface area (Å²) in [5.74, 6) is -3.55. The largest absolute Gasteiger partial charge is 0.573 e. The first-order valence-electron chi connectivity index (χ1n) is 18.0. The van der Waals surface area contributed by atoms with Gasteiger partial charge in [-0.2, -0.15) is 0 Å². The lowest BCUT2D eigenvalue weighted by molar-refractivity contribution is -0.276. The first kappa shape index (κ1) is 39.6. The standard InChI is InChI=1S/C22H22F4O.C21H20F4O/c1-2-3-4-5-15-6-8-16(9-7-15)17-10-11-18-14-21(27-22(24,25)26)20(23)13-19(18)12-17;1-2-3-4-14-5-7-15(8-6-14)16-9-10-17-13-20(26-21(23,24)25)19(22)12-18(17)11-16/h6-9,12-14H,2-5,10-11H2,1H3;5-8,11-13H,2-4,9-10H2,1H3. The summed E-state index contributed by atoms with van der Waals surface area (Å²) < 4.78 is 110. The van der Waals surface area contributed by atoms with Gasteiger partial charge in [0.05, 0.1) is 0 Å². The van der Waals surface area contributed by atoms with Crippen LogP contribution in [0.2, 0.25) is 0 Å². The molecule has 0 heterocycles. The van der Waals surface area contributed by atoms with Crippen LogP contribution in [0.3, 0.4) is 0 Å². The Morgan fingerprint density at radius 2 is 0.906 bits per heavy atom. The highest BCUT2D eigenvalue weighted by molar-refractivity contribution is 5.85. The molecule has 0 spiro atoms. The number of fused-ring (bicyclic) bond motifs is 2. The van der Waals surface area contributed by atoms with Crippen LogP contribution in [0.25, 0.3) is 23.3 Å². The number of rotatable bonds is 11. The average molecular weight is 743 g/mol. The quantitative estimate of drug-likeness (QED) is 0.113. The van der Waals surface area contributed by atoms with Crippen molar-refractivity contribution in [3.8, 4) is 11.5 Å². The topological polar surface area (TPSA) is 18.5 Å². The van der Waals surface area contributed by atoms with Gasteiger partial charge in [-0.05, 0) is 131 Å². The predicted octanol–water partition coefficient (Wildman–Crippen LogP) is 13.5. The highest BCUT2D eigenvalue weighted by Gasteiger charge is 2.34. The van der Waals surface area contributed by atoms with Crippen molar-refractivity contribution < 1.29 is 44.6 Å². The normalized spacial score (nSPS) is 13.9. The summed E-state index contributed by atoms with van der Waals surface area (Å²) in [6, 6.07) is 21.2. The monoisotopic (exact) mass is 742 g/mol. The minimum absolute atomic E-state index is 0.549. The number of allylic oxidation sites excluding steroid dienone is 2. The van der Waals surface area contributed by atoms with E-state index in [4.69, 9.17) is 0 Å². The van der Waals surface area contributed by atoms with E-state index >= 15 is 0 Å². The van der Waals surface area contributed by atoms with E-state index in [1.165, 1.54) is 30.4 Å². The van der Waals surface area contributed by atoms with Gasteiger partial charge in [0, 0.05) is 0 Å². The van der Waals surface area contributed by atoms with Gasteiger partial charge >= 0.3 is 12.7 Å². The molecule has 0 radical (unpaired) electrons. The van der Waals surface area contributed by atoms with Crippen LogP contribution in [0, 0.1) is 11.6 Å². The Hall–Kier alpha value is -4.60. The van der Waals surface area contributed by atoms with Gasteiger partial charge in [-0.15, -0.1) is 26.3 Å². The number of aryl methyl sites for hydroxylation is 4. The number of hydrogen-bond donors (Lipinski definition) is 0. The molecule has 0 aliphatic heterocycles. The zero-order chi connectivity index (χ0) is 38.2. The molecule has 4 aromatic rings. The van der Waals surface area contributed by atoms with E-state index < -0.39 is 35.9 Å². The molecule has 4 aromatic carbocycles. The number of alkyl halides is 6. The predicted molar refractivity (Wildman–Crippen MR) is 193 cm³/mol. The van der Waals surface area contributed by atoms with Crippen molar-refractivity contribution >= 4 is 23.3 Å². The van der Waals surface area contributed by atoms with E-state index in [0.717, 1.165) is 72.2 Å². The van der Waals surface area contributed by atoms with Gasteiger partial charge in [-0.3, -0.25) is 0 Å². The number of benzene rings is 4. The van der Waals surface area contributed by atoms with E-state index in [1.807, 2.05) is 12.2 Å². The summed E-state index contributed by atoms with van der Waals surface area (Å²) in [5.41, 5.74) is 9.36. The lowest BCUT2D eigenvalue weighted by atomic mass is 9.88. The average Bonchev–Trinajstić information content (AvgIpc) is 3.11. The second kappa shape index (κ2) is 17.5. The van der Waals surface area contributed by atoms with Gasteiger partial charge in [0.1, 0.15) is 0 Å². The molecule has 0 aromatic heterocycles. The Labute approximate surface area is 305 Å². The Morgan fingerprint density at radius 1 is 0.509 bits per heavy atom. The van der Waals surface area contributed by atoms with Crippen molar-refractivity contribution in [1.82, 2.24) is 0 Å². The maximum Gasteiger partial charge on any atom is 0.573 e. The Morgan fingerprint density at radius 3 is 1.28 bits per heavy atom. The van der Waals surface area contributed by atoms with Crippen molar-refractivity contribution in [1.29, 1.82) is 0 Å². The van der Waals surface area contributed by atoms with Crippen LogP contribution >= 0.6 is 0 Å². The Kier molecular flexibility index (Phi) is 13.1. The first-order chi connectivity index (χ1) is 25.2. The number of hydrogen-bond acceptors (Lipinski definition) is 2. The molecule has 282 valence electrons. The minimum Gasteiger partial charge on any atom is -0.403 e. The summed E-state index contributed by atoms with van der Waals surface area (Å²) in [6.45, 7) is 4.33. The zero-order valence-electron chi connectivity index (χ0n) is 29.7. The van der Waals surface area contributed by atoms with E-state index in [-0.39, 0.29) is 0 Å². The molecule has 10 heteroatoms. The molecule has 2 aliphatic carbocycles. The molecule has 0 saturated heterocycles. The molecule has 6 rings (SSSR count). The van der Waals surface area contributed by atoms with Crippen molar-refractivity contribution in [2.75, 3.05) is 0 Å². The zero-order valence-corrected chi connectivity index (χ0v) is 29.7. The second-order valence-corrected chi connectivity index (χ2v) is 13.4. The smallest absolute Gasteiger partial charge is 0.403 e. The lowest BCUT2D eigenvalue weighted by Gasteiger charge is -2.19. The Bertz CT molecular complexity index is 1900. The minimum atomic E-state index is -4.90. The molecule has 2 nitrogen and oxygen atoms in total. The molecule has 0 atom stereocenters. The van der Waals surface area contributed by atoms with Crippen LogP contribution in [0.1, 0.15) is 103 Å². The number of ether oxygens (including phenoxy) is 2. The van der Waals surface area contributed by atoms with Crippen molar-refractivity contribution in [3.63, 3.8) is 0 Å². The number of unbranched alkanes of at least 4 members (excludes halogenated alkanes) is 3. The van der Waals surface area contributed by atoms with Crippen LogP contribution in [0.15, 0.2) is 72.8 Å². The fourth-order valence-electron chi connectivity index (χ4n) is 6.57. The third-order valence-electron chi connectivity index (χ3n) is 9.36. The van der Waals surface area contributed by atoms with Gasteiger partial charge in [-0.1, -0.05) is 93.8 Å². The SMILES string of the molecule is CCCCCc1ccc(C2=Cc3cc(F)c(OC(F)(F)F)cc3CC2)cc1.CCCCc1ccc(C2=Cc3cc(F)c(OC(F)(F)F)cc3CC2)cc1. The third kappa shape index (κ3) is 11.4. The molecule has 0 fully saturated rings. The summed E-state index contributed by atoms with van der Waals surface area (Å²) >= 11 is 0. The summed E-state index contributed by atoms with van der Waals surface area (Å²) in [7, 11) is 0. The van der Waals surface area contributed by atoms with Gasteiger partial charge in [0.25, 0.3) is 0 Å². The lowest BCUT2D eigenvalue weighted by Crippen LogP contribution is -2.18. The molecule has 0 amide bonds. The van der Waals surface area contributed by atoms with Gasteiger partial charge in [0.2, 0.25) is 0 Å². The van der Waals surface area contributed by atoms with Crippen molar-refractivity contribution in [2.24, 2.45) is 0 Å². The van der Waals surface area contributed by atoms with Crippen LogP contribution in [0.5, 0.6) is 11.5 Å². The maximum atomic E-state index is 14.0. The van der Waals surface area contributed by atoms with Crippen LogP contribution in [0.4, 0.5) is 35.1 Å². The third-order valence-corrected chi connectivity index (χ3v) is 9.36. The summed E-state index contributed by atoms with van der Waals surface area (Å²) in [4.78, 5) is 0. The van der Waals surface area contributed by atoms with Crippen molar-refractivity contribution in [2.45, 2.75) is 97.2 Å². The van der Waals surface area contributed by atoms with Crippen LogP contribution in [-0.2, 0) is 25.7 Å². The van der Waals surface area contributed by atoms with Gasteiger partial charge in [-0.25, -0.2) is 8.78 Å². The van der Waals surface area contributed by atoms with Crippen LogP contribution < -0.4 is 9.47 Å². The molecule has 2 aliphatic rings. The van der Waals surface area contributed by atoms with Crippen LogP contribution in [-0.4, -0.2) is 12.7 Å². The second-order valence-electron chi connectivity index (χ2n) is 13.4. The number of halogens is 8. The van der Waals surface area contributed by atoms with E-state index in [2.05, 4.69) is 71.9 Å². The molecule has 0 saturated carbocycles. The fraction of sp³-hybridized carbons (Fsp3) is 0.349. The first-order valence-corrected chi connectivity index (χ1v) is 18.0. The maximum absolute atomic E-state index is 14.0. The van der Waals surface area contributed by atoms with Gasteiger partial charge < -0.3 is 9.47 Å². The highest BCUT2D eigenvalue weighted by atomic mass is 19.4. The fourth-order valence-corrected chi connectivity index (χ4v) is 6.57. The molecular formula is C43H42F8O2. The van der Waals surface area contributed by atoms with E-state index in [9.17, 15) is 35.1 Å².